The van der Waals surface area contributed by atoms with Crippen molar-refractivity contribution in [3.63, 3.8) is 0 Å². The predicted octanol–water partition coefficient (Wildman–Crippen LogP) is 1.29. The second-order valence-corrected chi connectivity index (χ2v) is 5.88. The zero-order valence-electron chi connectivity index (χ0n) is 13.4. The van der Waals surface area contributed by atoms with Crippen LogP contribution in [0, 0.1) is 5.82 Å². The second-order valence-electron chi connectivity index (χ2n) is 5.88. The minimum Gasteiger partial charge on any atom is -0.501 e. The minimum atomic E-state index is -0.451. The summed E-state index contributed by atoms with van der Waals surface area (Å²) < 4.78 is 14.4. The highest BCUT2D eigenvalue weighted by Gasteiger charge is 2.21. The molecule has 7 heteroatoms. The van der Waals surface area contributed by atoms with Crippen molar-refractivity contribution in [2.45, 2.75) is 19.6 Å². The number of nitrogens with zero attached hydrogens (tertiary/aromatic N) is 3. The molecule has 0 spiro atoms. The molecule has 3 rings (SSSR count). The molecule has 0 fully saturated rings. The van der Waals surface area contributed by atoms with Gasteiger partial charge in [0.15, 0.2) is 0 Å². The lowest BCUT2D eigenvalue weighted by Gasteiger charge is -2.26. The Morgan fingerprint density at radius 3 is 2.79 bits per heavy atom. The van der Waals surface area contributed by atoms with E-state index in [1.807, 2.05) is 7.05 Å². The van der Waals surface area contributed by atoms with Gasteiger partial charge in [0, 0.05) is 19.6 Å². The number of benzene rings is 1. The smallest absolute Gasteiger partial charge is 0.296 e. The highest BCUT2D eigenvalue weighted by molar-refractivity contribution is 5.63. The zero-order chi connectivity index (χ0) is 17.3. The Morgan fingerprint density at radius 1 is 1.38 bits per heavy atom. The van der Waals surface area contributed by atoms with Crippen LogP contribution >= 0.6 is 0 Å². The Hall–Kier alpha value is -2.67. The first-order valence-corrected chi connectivity index (χ1v) is 7.64. The van der Waals surface area contributed by atoms with E-state index in [0.717, 1.165) is 12.1 Å². The van der Waals surface area contributed by atoms with E-state index in [4.69, 9.17) is 0 Å². The van der Waals surface area contributed by atoms with Crippen molar-refractivity contribution in [3.05, 3.63) is 64.1 Å². The van der Waals surface area contributed by atoms with Gasteiger partial charge in [-0.3, -0.25) is 14.3 Å². The highest BCUT2D eigenvalue weighted by Crippen LogP contribution is 2.19. The lowest BCUT2D eigenvalue weighted by molar-refractivity contribution is 0.254. The molecule has 0 bridgehead atoms. The van der Waals surface area contributed by atoms with Crippen molar-refractivity contribution in [1.82, 2.24) is 19.8 Å². The fourth-order valence-corrected chi connectivity index (χ4v) is 2.64. The van der Waals surface area contributed by atoms with Crippen LogP contribution in [0.5, 0.6) is 5.75 Å². The molecule has 1 aliphatic rings. The van der Waals surface area contributed by atoms with Gasteiger partial charge in [0.25, 0.3) is 5.56 Å². The van der Waals surface area contributed by atoms with Crippen LogP contribution in [0.25, 0.3) is 5.70 Å². The third-order valence-corrected chi connectivity index (χ3v) is 4.05. The average Bonchev–Trinajstić information content (AvgIpc) is 2.57. The molecule has 24 heavy (non-hydrogen) atoms. The molecule has 1 aromatic carbocycles. The molecule has 0 radical (unpaired) electrons. The van der Waals surface area contributed by atoms with Crippen LogP contribution in [-0.2, 0) is 19.6 Å². The molecular formula is C17H19FN4O2. The number of rotatable bonds is 4. The molecular weight excluding hydrogens is 311 g/mol. The lowest BCUT2D eigenvalue weighted by atomic mass is 10.2. The quantitative estimate of drug-likeness (QED) is 0.884. The lowest BCUT2D eigenvalue weighted by Crippen LogP contribution is -2.38. The van der Waals surface area contributed by atoms with E-state index in [1.165, 1.54) is 16.7 Å². The number of hydrogen-bond donors (Lipinski definition) is 2. The fraction of sp³-hybridized carbons (Fsp3) is 0.294. The van der Waals surface area contributed by atoms with Gasteiger partial charge in [-0.05, 0) is 24.7 Å². The Kier molecular flexibility index (Phi) is 4.35. The van der Waals surface area contributed by atoms with E-state index in [9.17, 15) is 14.3 Å². The van der Waals surface area contributed by atoms with Gasteiger partial charge in [0.2, 0.25) is 5.75 Å². The van der Waals surface area contributed by atoms with E-state index in [2.05, 4.69) is 21.8 Å². The average molecular weight is 330 g/mol. The maximum absolute atomic E-state index is 12.9. The molecule has 0 saturated carbocycles. The SMILES string of the molecule is C=C(NCc1ccc(F)cc1)c1nc2n(c(=O)c1O)CCN(C)C2. The van der Waals surface area contributed by atoms with Crippen molar-refractivity contribution in [2.75, 3.05) is 13.6 Å². The van der Waals surface area contributed by atoms with Crippen LogP contribution < -0.4 is 10.9 Å². The number of fused-ring (bicyclic) bond motifs is 1. The molecule has 126 valence electrons. The number of likely N-dealkylation sites (N-methyl/N-ethyl adjacent to an activating group) is 1. The zero-order valence-corrected chi connectivity index (χ0v) is 13.4. The summed E-state index contributed by atoms with van der Waals surface area (Å²) in [6, 6.07) is 6.05. The van der Waals surface area contributed by atoms with Crippen molar-refractivity contribution in [1.29, 1.82) is 0 Å². The van der Waals surface area contributed by atoms with Crippen LogP contribution in [0.1, 0.15) is 17.1 Å². The summed E-state index contributed by atoms with van der Waals surface area (Å²) in [5.41, 5.74) is 0.911. The maximum Gasteiger partial charge on any atom is 0.296 e. The Bertz CT molecular complexity index is 830. The number of aromatic hydroxyl groups is 1. The summed E-state index contributed by atoms with van der Waals surface area (Å²) in [5.74, 6) is -0.102. The summed E-state index contributed by atoms with van der Waals surface area (Å²) in [6.07, 6.45) is 0. The normalized spacial score (nSPS) is 14.2. The number of aromatic nitrogens is 2. The van der Waals surface area contributed by atoms with Crippen LogP contribution in [-0.4, -0.2) is 33.1 Å². The fourth-order valence-electron chi connectivity index (χ4n) is 2.64. The van der Waals surface area contributed by atoms with Crippen molar-refractivity contribution in [3.8, 4) is 5.75 Å². The van der Waals surface area contributed by atoms with Gasteiger partial charge in [0.05, 0.1) is 12.2 Å². The van der Waals surface area contributed by atoms with Crippen LogP contribution in [0.15, 0.2) is 35.6 Å². The minimum absolute atomic E-state index is 0.156. The second kappa shape index (κ2) is 6.45. The van der Waals surface area contributed by atoms with E-state index in [0.29, 0.717) is 31.2 Å². The maximum atomic E-state index is 12.9. The van der Waals surface area contributed by atoms with Crippen molar-refractivity contribution >= 4 is 5.70 Å². The molecule has 0 saturated heterocycles. The molecule has 2 N–H and O–H groups in total. The van der Waals surface area contributed by atoms with Gasteiger partial charge in [0.1, 0.15) is 17.3 Å². The summed E-state index contributed by atoms with van der Waals surface area (Å²) in [5, 5.41) is 13.2. The van der Waals surface area contributed by atoms with Crippen molar-refractivity contribution < 1.29 is 9.50 Å². The topological polar surface area (TPSA) is 70.4 Å². The molecule has 1 aromatic heterocycles. The van der Waals surface area contributed by atoms with Gasteiger partial charge in [-0.25, -0.2) is 9.37 Å². The van der Waals surface area contributed by atoms with E-state index in [1.54, 1.807) is 12.1 Å². The molecule has 6 nitrogen and oxygen atoms in total. The largest absolute Gasteiger partial charge is 0.501 e. The monoisotopic (exact) mass is 330 g/mol. The molecule has 2 heterocycles. The first-order valence-electron chi connectivity index (χ1n) is 7.64. The molecule has 0 unspecified atom stereocenters. The van der Waals surface area contributed by atoms with Gasteiger partial charge < -0.3 is 10.4 Å². The van der Waals surface area contributed by atoms with Crippen LogP contribution in [0.4, 0.5) is 4.39 Å². The molecule has 0 atom stereocenters. The van der Waals surface area contributed by atoms with E-state index >= 15 is 0 Å². The summed E-state index contributed by atoms with van der Waals surface area (Å²) in [6.45, 7) is 6.02. The van der Waals surface area contributed by atoms with E-state index < -0.39 is 11.3 Å². The Balaban J connectivity index is 1.82. The molecule has 0 amide bonds. The van der Waals surface area contributed by atoms with Gasteiger partial charge >= 0.3 is 0 Å². The van der Waals surface area contributed by atoms with Crippen molar-refractivity contribution in [2.24, 2.45) is 0 Å². The van der Waals surface area contributed by atoms with Gasteiger partial charge in [-0.15, -0.1) is 0 Å². The van der Waals surface area contributed by atoms with Gasteiger partial charge in [-0.1, -0.05) is 18.7 Å². The van der Waals surface area contributed by atoms with Gasteiger partial charge in [-0.2, -0.15) is 0 Å². The first-order chi connectivity index (χ1) is 11.5. The third-order valence-electron chi connectivity index (χ3n) is 4.05. The molecule has 0 aliphatic carbocycles. The molecule has 2 aromatic rings. The molecule has 1 aliphatic heterocycles. The van der Waals surface area contributed by atoms with Crippen LogP contribution in [0.2, 0.25) is 0 Å². The highest BCUT2D eigenvalue weighted by atomic mass is 19.1. The summed E-state index contributed by atoms with van der Waals surface area (Å²) in [4.78, 5) is 18.8. The Labute approximate surface area is 138 Å². The number of hydrogen-bond acceptors (Lipinski definition) is 5. The standard InChI is InChI=1S/C17H19FN4O2/c1-11(19-9-12-3-5-13(18)6-4-12)15-16(23)17(24)22-8-7-21(2)10-14(22)20-15/h3-6,19,23H,1,7-10H2,2H3. The van der Waals surface area contributed by atoms with Crippen LogP contribution in [0.3, 0.4) is 0 Å². The number of halogens is 1. The number of nitrogens with one attached hydrogen (secondary N) is 1. The summed E-state index contributed by atoms with van der Waals surface area (Å²) in [7, 11) is 1.95. The van der Waals surface area contributed by atoms with E-state index in [-0.39, 0.29) is 11.5 Å². The Morgan fingerprint density at radius 2 is 2.08 bits per heavy atom. The first kappa shape index (κ1) is 16.2. The predicted molar refractivity (Wildman–Crippen MR) is 88.8 cm³/mol. The summed E-state index contributed by atoms with van der Waals surface area (Å²) >= 11 is 0. The third kappa shape index (κ3) is 3.16.